The van der Waals surface area contributed by atoms with E-state index in [1.165, 1.54) is 16.8 Å². The van der Waals surface area contributed by atoms with Gasteiger partial charge in [-0.1, -0.05) is 18.2 Å². The highest BCUT2D eigenvalue weighted by Gasteiger charge is 2.30. The maximum absolute atomic E-state index is 12.0. The third-order valence-corrected chi connectivity index (χ3v) is 3.73. The number of amides is 1. The summed E-state index contributed by atoms with van der Waals surface area (Å²) in [6, 6.07) is 6.32. The molecule has 4 nitrogen and oxygen atoms in total. The highest BCUT2D eigenvalue weighted by molar-refractivity contribution is 5.84. The van der Waals surface area contributed by atoms with Crippen LogP contribution in [0, 0.1) is 13.8 Å². The zero-order valence-corrected chi connectivity index (χ0v) is 11.3. The van der Waals surface area contributed by atoms with E-state index < -0.39 is 0 Å². The summed E-state index contributed by atoms with van der Waals surface area (Å²) in [6.07, 6.45) is 0. The second-order valence-electron chi connectivity index (χ2n) is 5.02. The van der Waals surface area contributed by atoms with Gasteiger partial charge in [-0.3, -0.25) is 4.79 Å². The van der Waals surface area contributed by atoms with Crippen LogP contribution in [0.5, 0.6) is 0 Å². The molecule has 0 aliphatic carbocycles. The molecule has 1 aromatic carbocycles. The summed E-state index contributed by atoms with van der Waals surface area (Å²) >= 11 is 0. The Morgan fingerprint density at radius 1 is 1.33 bits per heavy atom. The van der Waals surface area contributed by atoms with Crippen LogP contribution < -0.4 is 10.6 Å². The zero-order chi connectivity index (χ0) is 13.3. The number of piperazine rings is 1. The molecule has 0 saturated carbocycles. The molecular formula is C14H21N3O. The number of nitrogens with two attached hydrogens (primary N) is 1. The molecule has 1 atom stereocenters. The van der Waals surface area contributed by atoms with Crippen LogP contribution in [0.25, 0.3) is 0 Å². The number of rotatable bonds is 2. The minimum absolute atomic E-state index is 0.102. The Hall–Kier alpha value is -1.55. The van der Waals surface area contributed by atoms with Crippen molar-refractivity contribution in [2.24, 2.45) is 5.73 Å². The number of hydrogen-bond donors (Lipinski definition) is 1. The van der Waals surface area contributed by atoms with E-state index in [1.807, 2.05) is 13.1 Å². The molecule has 1 aromatic rings. The molecule has 1 aliphatic heterocycles. The third-order valence-electron chi connectivity index (χ3n) is 3.73. The van der Waals surface area contributed by atoms with Crippen LogP contribution in [0.1, 0.15) is 11.1 Å². The number of anilines is 1. The summed E-state index contributed by atoms with van der Waals surface area (Å²) in [4.78, 5) is 15.9. The Balaban J connectivity index is 2.32. The van der Waals surface area contributed by atoms with E-state index in [4.69, 9.17) is 5.73 Å². The first-order chi connectivity index (χ1) is 8.54. The molecule has 1 aliphatic rings. The minimum atomic E-state index is 0.102. The van der Waals surface area contributed by atoms with Crippen LogP contribution in [0.4, 0.5) is 5.69 Å². The van der Waals surface area contributed by atoms with Crippen molar-refractivity contribution in [3.05, 3.63) is 29.3 Å². The van der Waals surface area contributed by atoms with Gasteiger partial charge < -0.3 is 15.5 Å². The van der Waals surface area contributed by atoms with Crippen molar-refractivity contribution in [1.29, 1.82) is 0 Å². The van der Waals surface area contributed by atoms with Crippen LogP contribution in [-0.4, -0.2) is 43.5 Å². The van der Waals surface area contributed by atoms with E-state index in [0.29, 0.717) is 13.1 Å². The predicted molar refractivity (Wildman–Crippen MR) is 73.7 cm³/mol. The molecule has 0 radical (unpaired) electrons. The molecule has 2 N–H and O–H groups in total. The van der Waals surface area contributed by atoms with Gasteiger partial charge >= 0.3 is 0 Å². The van der Waals surface area contributed by atoms with Gasteiger partial charge in [-0.25, -0.2) is 0 Å². The molecule has 0 aromatic heterocycles. The fourth-order valence-corrected chi connectivity index (χ4v) is 2.63. The van der Waals surface area contributed by atoms with Gasteiger partial charge in [0.1, 0.15) is 0 Å². The maximum atomic E-state index is 12.0. The van der Waals surface area contributed by atoms with E-state index in [9.17, 15) is 4.79 Å². The fourth-order valence-electron chi connectivity index (χ4n) is 2.63. The van der Waals surface area contributed by atoms with Gasteiger partial charge in [0.15, 0.2) is 0 Å². The third kappa shape index (κ3) is 2.20. The summed E-state index contributed by atoms with van der Waals surface area (Å²) in [5, 5.41) is 0. The van der Waals surface area contributed by atoms with Gasteiger partial charge in [0.05, 0.1) is 12.6 Å². The fraction of sp³-hybridized carbons (Fsp3) is 0.500. The quantitative estimate of drug-likeness (QED) is 0.845. The van der Waals surface area contributed by atoms with E-state index in [1.54, 1.807) is 4.90 Å². The summed E-state index contributed by atoms with van der Waals surface area (Å²) < 4.78 is 0. The van der Waals surface area contributed by atoms with E-state index >= 15 is 0 Å². The minimum Gasteiger partial charge on any atom is -0.360 e. The van der Waals surface area contributed by atoms with Gasteiger partial charge in [-0.2, -0.15) is 0 Å². The van der Waals surface area contributed by atoms with Crippen LogP contribution in [0.3, 0.4) is 0 Å². The van der Waals surface area contributed by atoms with E-state index in [-0.39, 0.29) is 11.9 Å². The van der Waals surface area contributed by atoms with Crippen molar-refractivity contribution >= 4 is 11.6 Å². The molecule has 0 bridgehead atoms. The molecule has 1 heterocycles. The van der Waals surface area contributed by atoms with Crippen molar-refractivity contribution in [2.75, 3.05) is 31.6 Å². The topological polar surface area (TPSA) is 49.6 Å². The van der Waals surface area contributed by atoms with Gasteiger partial charge in [-0.15, -0.1) is 0 Å². The lowest BCUT2D eigenvalue weighted by Crippen LogP contribution is -2.57. The second kappa shape index (κ2) is 4.98. The summed E-state index contributed by atoms with van der Waals surface area (Å²) in [6.45, 7) is 5.93. The molecule has 2 rings (SSSR count). The van der Waals surface area contributed by atoms with Crippen molar-refractivity contribution < 1.29 is 4.79 Å². The standard InChI is InChI=1S/C14H21N3O/c1-10-5-4-6-11(2)14(10)17-8-12(7-15)16(3)13(18)9-17/h4-6,12H,7-9,15H2,1-3H3. The number of nitrogens with zero attached hydrogens (tertiary/aromatic N) is 2. The lowest BCUT2D eigenvalue weighted by molar-refractivity contribution is -0.131. The molecular weight excluding hydrogens is 226 g/mol. The summed E-state index contributed by atoms with van der Waals surface area (Å²) in [5.74, 6) is 0.138. The van der Waals surface area contributed by atoms with Crippen LogP contribution in [0.2, 0.25) is 0 Å². The number of benzene rings is 1. The first kappa shape index (κ1) is 12.9. The number of carbonyl (C=O) groups excluding carboxylic acids is 1. The number of hydrogen-bond acceptors (Lipinski definition) is 3. The van der Waals surface area contributed by atoms with Gasteiger partial charge in [0, 0.05) is 25.8 Å². The molecule has 1 unspecified atom stereocenters. The van der Waals surface area contributed by atoms with Gasteiger partial charge in [-0.05, 0) is 25.0 Å². The first-order valence-corrected chi connectivity index (χ1v) is 6.31. The highest BCUT2D eigenvalue weighted by atomic mass is 16.2. The molecule has 1 amide bonds. The van der Waals surface area contributed by atoms with Crippen LogP contribution in [0.15, 0.2) is 18.2 Å². The second-order valence-corrected chi connectivity index (χ2v) is 5.02. The Morgan fingerprint density at radius 3 is 2.50 bits per heavy atom. The molecule has 1 saturated heterocycles. The van der Waals surface area contributed by atoms with E-state index in [0.717, 1.165) is 6.54 Å². The molecule has 98 valence electrons. The largest absolute Gasteiger partial charge is 0.360 e. The summed E-state index contributed by atoms with van der Waals surface area (Å²) in [7, 11) is 1.84. The van der Waals surface area contributed by atoms with Crippen LogP contribution in [-0.2, 0) is 4.79 Å². The lowest BCUT2D eigenvalue weighted by Gasteiger charge is -2.40. The van der Waals surface area contributed by atoms with Crippen molar-refractivity contribution in [2.45, 2.75) is 19.9 Å². The Bertz CT molecular complexity index is 438. The van der Waals surface area contributed by atoms with Crippen LogP contribution >= 0.6 is 0 Å². The number of likely N-dealkylation sites (N-methyl/N-ethyl adjacent to an activating group) is 1. The molecule has 1 fully saturated rings. The average Bonchev–Trinajstić information content (AvgIpc) is 2.33. The van der Waals surface area contributed by atoms with Gasteiger partial charge in [0.25, 0.3) is 0 Å². The van der Waals surface area contributed by atoms with E-state index in [2.05, 4.69) is 30.9 Å². The predicted octanol–water partition coefficient (Wildman–Crippen LogP) is 0.909. The average molecular weight is 247 g/mol. The number of aryl methyl sites for hydroxylation is 2. The monoisotopic (exact) mass is 247 g/mol. The highest BCUT2D eigenvalue weighted by Crippen LogP contribution is 2.26. The Labute approximate surface area is 108 Å². The van der Waals surface area contributed by atoms with Crippen molar-refractivity contribution in [1.82, 2.24) is 4.90 Å². The lowest BCUT2D eigenvalue weighted by atomic mass is 10.0. The number of carbonyl (C=O) groups is 1. The van der Waals surface area contributed by atoms with Crippen molar-refractivity contribution in [3.63, 3.8) is 0 Å². The normalized spacial score (nSPS) is 20.4. The Kier molecular flexibility index (Phi) is 3.57. The molecule has 4 heteroatoms. The zero-order valence-electron chi connectivity index (χ0n) is 11.3. The van der Waals surface area contributed by atoms with Gasteiger partial charge in [0.2, 0.25) is 5.91 Å². The first-order valence-electron chi connectivity index (χ1n) is 6.31. The van der Waals surface area contributed by atoms with Crippen molar-refractivity contribution in [3.8, 4) is 0 Å². The smallest absolute Gasteiger partial charge is 0.242 e. The Morgan fingerprint density at radius 2 is 1.94 bits per heavy atom. The summed E-state index contributed by atoms with van der Waals surface area (Å²) in [5.41, 5.74) is 9.35. The molecule has 18 heavy (non-hydrogen) atoms. The number of para-hydroxylation sites is 1. The maximum Gasteiger partial charge on any atom is 0.242 e. The SMILES string of the molecule is Cc1cccc(C)c1N1CC(=O)N(C)C(CN)C1. The molecule has 0 spiro atoms.